The van der Waals surface area contributed by atoms with Crippen LogP contribution in [0.5, 0.6) is 0 Å². The first-order valence-electron chi connectivity index (χ1n) is 9.93. The second kappa shape index (κ2) is 8.44. The third-order valence-corrected chi connectivity index (χ3v) is 7.38. The van der Waals surface area contributed by atoms with E-state index in [4.69, 9.17) is 0 Å². The fourth-order valence-corrected chi connectivity index (χ4v) is 5.54. The molecule has 4 rings (SSSR count). The van der Waals surface area contributed by atoms with Crippen LogP contribution in [0.15, 0.2) is 71.6 Å². The Hall–Kier alpha value is -3.30. The number of fused-ring (bicyclic) bond motifs is 1. The summed E-state index contributed by atoms with van der Waals surface area (Å²) in [5.41, 5.74) is 0.434. The van der Waals surface area contributed by atoms with Gasteiger partial charge in [0.1, 0.15) is 6.04 Å². The van der Waals surface area contributed by atoms with Crippen molar-refractivity contribution in [2.75, 3.05) is 11.9 Å². The van der Waals surface area contributed by atoms with Gasteiger partial charge in [0.2, 0.25) is 15.9 Å². The minimum Gasteiger partial charge on any atom is -0.324 e. The molecular formula is C22H21N3O5S. The number of nitro groups is 1. The molecule has 31 heavy (non-hydrogen) atoms. The van der Waals surface area contributed by atoms with Gasteiger partial charge in [0, 0.05) is 29.8 Å². The number of nitro benzene ring substituents is 1. The third-order valence-electron chi connectivity index (χ3n) is 5.46. The predicted molar refractivity (Wildman–Crippen MR) is 117 cm³/mol. The number of carbonyl (C=O) groups is 1. The molecule has 1 amide bonds. The van der Waals surface area contributed by atoms with E-state index in [9.17, 15) is 23.3 Å². The number of hydrogen-bond acceptors (Lipinski definition) is 5. The van der Waals surface area contributed by atoms with E-state index in [2.05, 4.69) is 5.32 Å². The van der Waals surface area contributed by atoms with Gasteiger partial charge in [-0.2, -0.15) is 4.31 Å². The third kappa shape index (κ3) is 4.14. The standard InChI is InChI=1S/C22H21N3O5S/c26-22(23-20-9-5-7-16-6-1-2-8-19(16)20)21-10-3-4-15-24(21)31(29,30)18-13-11-17(12-14-18)25(27)28/h1-2,5-9,11-14,21H,3-4,10,15H2,(H,23,26)/t21-/m1/s1. The van der Waals surface area contributed by atoms with Gasteiger partial charge in [-0.25, -0.2) is 8.42 Å². The van der Waals surface area contributed by atoms with Crippen molar-refractivity contribution >= 4 is 38.1 Å². The zero-order valence-corrected chi connectivity index (χ0v) is 17.4. The monoisotopic (exact) mass is 439 g/mol. The zero-order valence-electron chi connectivity index (χ0n) is 16.6. The molecule has 160 valence electrons. The van der Waals surface area contributed by atoms with E-state index in [0.29, 0.717) is 18.5 Å². The van der Waals surface area contributed by atoms with Gasteiger partial charge in [-0.15, -0.1) is 0 Å². The molecule has 0 bridgehead atoms. The molecule has 0 aromatic heterocycles. The number of piperidine rings is 1. The number of non-ortho nitro benzene ring substituents is 1. The summed E-state index contributed by atoms with van der Waals surface area (Å²) in [6.07, 6.45) is 1.78. The van der Waals surface area contributed by atoms with E-state index in [1.165, 1.54) is 16.4 Å². The summed E-state index contributed by atoms with van der Waals surface area (Å²) in [7, 11) is -3.98. The molecule has 1 saturated heterocycles. The normalized spacial score (nSPS) is 17.4. The number of hydrogen-bond donors (Lipinski definition) is 1. The highest BCUT2D eigenvalue weighted by Gasteiger charge is 2.37. The SMILES string of the molecule is O=C(Nc1cccc2ccccc12)[C@H]1CCCCN1S(=O)(=O)c1ccc([N+](=O)[O-])cc1. The molecule has 1 atom stereocenters. The van der Waals surface area contributed by atoms with Crippen molar-refractivity contribution in [3.63, 3.8) is 0 Å². The predicted octanol–water partition coefficient (Wildman–Crippen LogP) is 3.93. The number of nitrogens with one attached hydrogen (secondary N) is 1. The minimum absolute atomic E-state index is 0.0667. The van der Waals surface area contributed by atoms with Crippen molar-refractivity contribution in [2.24, 2.45) is 0 Å². The maximum Gasteiger partial charge on any atom is 0.269 e. The molecule has 0 radical (unpaired) electrons. The lowest BCUT2D eigenvalue weighted by atomic mass is 10.0. The van der Waals surface area contributed by atoms with Crippen LogP contribution in [-0.2, 0) is 14.8 Å². The second-order valence-corrected chi connectivity index (χ2v) is 9.28. The quantitative estimate of drug-likeness (QED) is 0.478. The highest BCUT2D eigenvalue weighted by molar-refractivity contribution is 7.89. The van der Waals surface area contributed by atoms with Crippen LogP contribution in [0.2, 0.25) is 0 Å². The smallest absolute Gasteiger partial charge is 0.269 e. The minimum atomic E-state index is -3.98. The Labute approximate surface area is 179 Å². The van der Waals surface area contributed by atoms with Crippen LogP contribution in [0, 0.1) is 10.1 Å². The second-order valence-electron chi connectivity index (χ2n) is 7.39. The summed E-state index contributed by atoms with van der Waals surface area (Å²) < 4.78 is 27.7. The Bertz CT molecular complexity index is 1240. The van der Waals surface area contributed by atoms with Gasteiger partial charge in [-0.05, 0) is 36.4 Å². The summed E-state index contributed by atoms with van der Waals surface area (Å²) in [5.74, 6) is -0.387. The van der Waals surface area contributed by atoms with Gasteiger partial charge in [-0.1, -0.05) is 42.8 Å². The summed E-state index contributed by atoms with van der Waals surface area (Å²) in [6.45, 7) is 0.215. The van der Waals surface area contributed by atoms with E-state index < -0.39 is 21.0 Å². The molecule has 8 nitrogen and oxygen atoms in total. The van der Waals surface area contributed by atoms with E-state index in [0.717, 1.165) is 29.3 Å². The Morgan fingerprint density at radius 2 is 1.71 bits per heavy atom. The van der Waals surface area contributed by atoms with Crippen molar-refractivity contribution in [1.82, 2.24) is 4.31 Å². The number of rotatable bonds is 5. The van der Waals surface area contributed by atoms with Gasteiger partial charge < -0.3 is 5.32 Å². The average Bonchev–Trinajstić information content (AvgIpc) is 2.79. The zero-order chi connectivity index (χ0) is 22.0. The summed E-state index contributed by atoms with van der Waals surface area (Å²) in [5, 5.41) is 15.6. The molecule has 0 aliphatic carbocycles. The van der Waals surface area contributed by atoms with Crippen LogP contribution in [0.25, 0.3) is 10.8 Å². The van der Waals surface area contributed by atoms with E-state index >= 15 is 0 Å². The van der Waals surface area contributed by atoms with Gasteiger partial charge in [0.05, 0.1) is 9.82 Å². The molecule has 9 heteroatoms. The lowest BCUT2D eigenvalue weighted by Gasteiger charge is -2.33. The van der Waals surface area contributed by atoms with Crippen molar-refractivity contribution in [2.45, 2.75) is 30.2 Å². The number of anilines is 1. The van der Waals surface area contributed by atoms with Crippen LogP contribution in [0.4, 0.5) is 11.4 Å². The van der Waals surface area contributed by atoms with Crippen LogP contribution >= 0.6 is 0 Å². The first-order chi connectivity index (χ1) is 14.9. The van der Waals surface area contributed by atoms with Crippen LogP contribution in [-0.4, -0.2) is 36.1 Å². The number of amides is 1. The number of sulfonamides is 1. The number of nitrogens with zero attached hydrogens (tertiary/aromatic N) is 2. The topological polar surface area (TPSA) is 110 Å². The molecule has 1 fully saturated rings. The Morgan fingerprint density at radius 3 is 2.45 bits per heavy atom. The highest BCUT2D eigenvalue weighted by atomic mass is 32.2. The van der Waals surface area contributed by atoms with E-state index in [-0.39, 0.29) is 23.0 Å². The first-order valence-corrected chi connectivity index (χ1v) is 11.4. The Kier molecular flexibility index (Phi) is 5.71. The molecule has 1 aliphatic heterocycles. The van der Waals surface area contributed by atoms with Gasteiger partial charge in [0.25, 0.3) is 5.69 Å². The number of benzene rings is 3. The van der Waals surface area contributed by atoms with Gasteiger partial charge in [-0.3, -0.25) is 14.9 Å². The molecular weight excluding hydrogens is 418 g/mol. The molecule has 0 spiro atoms. The fourth-order valence-electron chi connectivity index (χ4n) is 3.88. The van der Waals surface area contributed by atoms with Crippen LogP contribution in [0.1, 0.15) is 19.3 Å². The lowest BCUT2D eigenvalue weighted by molar-refractivity contribution is -0.384. The van der Waals surface area contributed by atoms with Crippen molar-refractivity contribution in [1.29, 1.82) is 0 Å². The van der Waals surface area contributed by atoms with Crippen molar-refractivity contribution in [3.05, 3.63) is 76.8 Å². The Balaban J connectivity index is 1.62. The maximum absolute atomic E-state index is 13.2. The van der Waals surface area contributed by atoms with E-state index in [1.807, 2.05) is 36.4 Å². The highest BCUT2D eigenvalue weighted by Crippen LogP contribution is 2.29. The maximum atomic E-state index is 13.2. The largest absolute Gasteiger partial charge is 0.324 e. The average molecular weight is 439 g/mol. The molecule has 1 heterocycles. The summed E-state index contributed by atoms with van der Waals surface area (Å²) >= 11 is 0. The molecule has 1 N–H and O–H groups in total. The molecule has 3 aromatic rings. The lowest BCUT2D eigenvalue weighted by Crippen LogP contribution is -2.49. The van der Waals surface area contributed by atoms with Gasteiger partial charge in [0.15, 0.2) is 0 Å². The fraction of sp³-hybridized carbons (Fsp3) is 0.227. The first kappa shape index (κ1) is 21.0. The van der Waals surface area contributed by atoms with Gasteiger partial charge >= 0.3 is 0 Å². The van der Waals surface area contributed by atoms with Crippen molar-refractivity contribution < 1.29 is 18.1 Å². The summed E-state index contributed by atoms with van der Waals surface area (Å²) in [4.78, 5) is 23.3. The van der Waals surface area contributed by atoms with Crippen LogP contribution in [0.3, 0.4) is 0 Å². The summed E-state index contributed by atoms with van der Waals surface area (Å²) in [6, 6.07) is 17.1. The van der Waals surface area contributed by atoms with Crippen molar-refractivity contribution in [3.8, 4) is 0 Å². The number of carbonyl (C=O) groups excluding carboxylic acids is 1. The van der Waals surface area contributed by atoms with E-state index in [1.54, 1.807) is 6.07 Å². The Morgan fingerprint density at radius 1 is 1.00 bits per heavy atom. The molecule has 0 unspecified atom stereocenters. The molecule has 0 saturated carbocycles. The molecule has 1 aliphatic rings. The molecule has 3 aromatic carbocycles. The van der Waals surface area contributed by atoms with Crippen LogP contribution < -0.4 is 5.32 Å².